The number of halogens is 2. The third-order valence-electron chi connectivity index (χ3n) is 3.26. The van der Waals surface area contributed by atoms with Gasteiger partial charge in [-0.3, -0.25) is 4.99 Å². The first-order valence-electron chi connectivity index (χ1n) is 7.12. The summed E-state index contributed by atoms with van der Waals surface area (Å²) >= 11 is 6.01. The van der Waals surface area contributed by atoms with Crippen LogP contribution in [0.15, 0.2) is 53.5 Å². The number of aliphatic imine (C=N–C) groups is 1. The molecule has 0 fully saturated rings. The first kappa shape index (κ1) is 16.3. The molecule has 22 heavy (non-hydrogen) atoms. The number of hydrogen-bond acceptors (Lipinski definition) is 1. The van der Waals surface area contributed by atoms with E-state index < -0.39 is 0 Å². The second-order valence-electron chi connectivity index (χ2n) is 4.79. The highest BCUT2D eigenvalue weighted by atomic mass is 35.5. The van der Waals surface area contributed by atoms with Crippen LogP contribution in [-0.4, -0.2) is 19.6 Å². The van der Waals surface area contributed by atoms with Gasteiger partial charge in [0.15, 0.2) is 5.96 Å². The molecule has 2 N–H and O–H groups in total. The van der Waals surface area contributed by atoms with Gasteiger partial charge < -0.3 is 10.6 Å². The summed E-state index contributed by atoms with van der Waals surface area (Å²) < 4.78 is 13.7. The van der Waals surface area contributed by atoms with E-state index >= 15 is 0 Å². The first-order valence-corrected chi connectivity index (χ1v) is 7.50. The Morgan fingerprint density at radius 2 is 1.86 bits per heavy atom. The molecule has 0 aromatic heterocycles. The smallest absolute Gasteiger partial charge is 0.191 e. The van der Waals surface area contributed by atoms with E-state index in [2.05, 4.69) is 15.6 Å². The molecule has 0 atom stereocenters. The average molecular weight is 320 g/mol. The third kappa shape index (κ3) is 4.74. The molecule has 2 aromatic rings. The second kappa shape index (κ2) is 8.39. The standard InChI is InChI=1S/C17H19ClFN3/c1-20-17(22-12-13-6-3-2-4-7-13)21-11-10-14-15(18)8-5-9-16(14)19/h2-9H,10-12H2,1H3,(H2,20,21,22). The van der Waals surface area contributed by atoms with Gasteiger partial charge >= 0.3 is 0 Å². The predicted octanol–water partition coefficient (Wildman–Crippen LogP) is 3.39. The minimum absolute atomic E-state index is 0.276. The van der Waals surface area contributed by atoms with Crippen LogP contribution in [0.25, 0.3) is 0 Å². The van der Waals surface area contributed by atoms with Crippen molar-refractivity contribution in [3.05, 3.63) is 70.5 Å². The minimum atomic E-state index is -0.276. The van der Waals surface area contributed by atoms with Crippen molar-refractivity contribution in [3.63, 3.8) is 0 Å². The predicted molar refractivity (Wildman–Crippen MR) is 89.8 cm³/mol. The highest BCUT2D eigenvalue weighted by molar-refractivity contribution is 6.31. The monoisotopic (exact) mass is 319 g/mol. The molecule has 0 saturated carbocycles. The molecule has 2 aromatic carbocycles. The number of benzene rings is 2. The van der Waals surface area contributed by atoms with E-state index in [4.69, 9.17) is 11.6 Å². The molecule has 0 aliphatic carbocycles. The lowest BCUT2D eigenvalue weighted by Crippen LogP contribution is -2.37. The summed E-state index contributed by atoms with van der Waals surface area (Å²) in [5.41, 5.74) is 1.69. The normalized spacial score (nSPS) is 11.3. The summed E-state index contributed by atoms with van der Waals surface area (Å²) in [6.45, 7) is 1.23. The fraction of sp³-hybridized carbons (Fsp3) is 0.235. The van der Waals surface area contributed by atoms with Gasteiger partial charge in [-0.25, -0.2) is 4.39 Å². The highest BCUT2D eigenvalue weighted by Crippen LogP contribution is 2.18. The minimum Gasteiger partial charge on any atom is -0.356 e. The number of rotatable bonds is 5. The van der Waals surface area contributed by atoms with Crippen LogP contribution in [0.1, 0.15) is 11.1 Å². The molecule has 116 valence electrons. The van der Waals surface area contributed by atoms with Gasteiger partial charge in [0.2, 0.25) is 0 Å². The maximum atomic E-state index is 13.7. The number of nitrogens with zero attached hydrogens (tertiary/aromatic N) is 1. The molecule has 5 heteroatoms. The number of guanidine groups is 1. The molecule has 0 saturated heterocycles. The molecule has 0 radical (unpaired) electrons. The van der Waals surface area contributed by atoms with Gasteiger partial charge in [-0.1, -0.05) is 48.0 Å². The lowest BCUT2D eigenvalue weighted by molar-refractivity contribution is 0.607. The molecule has 0 aliphatic heterocycles. The van der Waals surface area contributed by atoms with Crippen molar-refractivity contribution in [1.29, 1.82) is 0 Å². The van der Waals surface area contributed by atoms with E-state index in [1.54, 1.807) is 19.2 Å². The SMILES string of the molecule is CN=C(NCCc1c(F)cccc1Cl)NCc1ccccc1. The number of nitrogens with one attached hydrogen (secondary N) is 2. The van der Waals surface area contributed by atoms with Crippen LogP contribution in [0.5, 0.6) is 0 Å². The van der Waals surface area contributed by atoms with E-state index in [1.165, 1.54) is 11.6 Å². The number of hydrogen-bond donors (Lipinski definition) is 2. The molecule has 0 amide bonds. The molecule has 2 rings (SSSR count). The molecule has 0 aliphatic rings. The van der Waals surface area contributed by atoms with Crippen molar-refractivity contribution in [2.24, 2.45) is 4.99 Å². The summed E-state index contributed by atoms with van der Waals surface area (Å²) in [4.78, 5) is 4.15. The Hall–Kier alpha value is -2.07. The molecule has 0 bridgehead atoms. The largest absolute Gasteiger partial charge is 0.356 e. The van der Waals surface area contributed by atoms with Crippen molar-refractivity contribution in [3.8, 4) is 0 Å². The van der Waals surface area contributed by atoms with Gasteiger partial charge in [-0.2, -0.15) is 0 Å². The Labute approximate surface area is 135 Å². The summed E-state index contributed by atoms with van der Waals surface area (Å²) in [6, 6.07) is 14.8. The van der Waals surface area contributed by atoms with Gasteiger partial charge in [0.05, 0.1) is 0 Å². The van der Waals surface area contributed by atoms with Crippen LogP contribution in [0.2, 0.25) is 5.02 Å². The highest BCUT2D eigenvalue weighted by Gasteiger charge is 2.06. The van der Waals surface area contributed by atoms with E-state index in [0.717, 1.165) is 0 Å². The van der Waals surface area contributed by atoms with Gasteiger partial charge in [-0.05, 0) is 24.1 Å². The van der Waals surface area contributed by atoms with Crippen LogP contribution in [0, 0.1) is 5.82 Å². The Kier molecular flexibility index (Phi) is 6.22. The summed E-state index contributed by atoms with van der Waals surface area (Å²) in [6.07, 6.45) is 0.498. The van der Waals surface area contributed by atoms with E-state index in [1.807, 2.05) is 30.3 Å². The third-order valence-corrected chi connectivity index (χ3v) is 3.61. The van der Waals surface area contributed by atoms with E-state index in [-0.39, 0.29) is 5.82 Å². The Balaban J connectivity index is 1.82. The lowest BCUT2D eigenvalue weighted by Gasteiger charge is -2.12. The van der Waals surface area contributed by atoms with Crippen molar-refractivity contribution < 1.29 is 4.39 Å². The van der Waals surface area contributed by atoms with Gasteiger partial charge in [-0.15, -0.1) is 0 Å². The molecule has 0 spiro atoms. The Bertz CT molecular complexity index is 609. The summed E-state index contributed by atoms with van der Waals surface area (Å²) in [7, 11) is 1.70. The van der Waals surface area contributed by atoms with Crippen LogP contribution in [0.3, 0.4) is 0 Å². The Morgan fingerprint density at radius 1 is 1.09 bits per heavy atom. The van der Waals surface area contributed by atoms with Crippen molar-refractivity contribution in [1.82, 2.24) is 10.6 Å². The first-order chi connectivity index (χ1) is 10.7. The zero-order valence-electron chi connectivity index (χ0n) is 12.4. The van der Waals surface area contributed by atoms with Crippen LogP contribution in [-0.2, 0) is 13.0 Å². The van der Waals surface area contributed by atoms with Crippen LogP contribution < -0.4 is 10.6 Å². The molecule has 0 heterocycles. The van der Waals surface area contributed by atoms with Crippen molar-refractivity contribution in [2.75, 3.05) is 13.6 Å². The molecular formula is C17H19ClFN3. The van der Waals surface area contributed by atoms with E-state index in [9.17, 15) is 4.39 Å². The van der Waals surface area contributed by atoms with E-state index in [0.29, 0.717) is 36.1 Å². The average Bonchev–Trinajstić information content (AvgIpc) is 2.54. The van der Waals surface area contributed by atoms with Gasteiger partial charge in [0.1, 0.15) is 5.82 Å². The maximum Gasteiger partial charge on any atom is 0.191 e. The Morgan fingerprint density at radius 3 is 2.55 bits per heavy atom. The van der Waals surface area contributed by atoms with Crippen LogP contribution >= 0.6 is 11.6 Å². The zero-order valence-corrected chi connectivity index (χ0v) is 13.2. The zero-order chi connectivity index (χ0) is 15.8. The molecule has 3 nitrogen and oxygen atoms in total. The second-order valence-corrected chi connectivity index (χ2v) is 5.20. The summed E-state index contributed by atoms with van der Waals surface area (Å²) in [5.74, 6) is 0.401. The maximum absolute atomic E-state index is 13.7. The fourth-order valence-corrected chi connectivity index (χ4v) is 2.34. The lowest BCUT2D eigenvalue weighted by atomic mass is 10.1. The molecular weight excluding hydrogens is 301 g/mol. The van der Waals surface area contributed by atoms with Gasteiger partial charge in [0, 0.05) is 30.7 Å². The molecule has 0 unspecified atom stereocenters. The van der Waals surface area contributed by atoms with Crippen molar-refractivity contribution in [2.45, 2.75) is 13.0 Å². The van der Waals surface area contributed by atoms with Crippen LogP contribution in [0.4, 0.5) is 4.39 Å². The topological polar surface area (TPSA) is 36.4 Å². The quantitative estimate of drug-likeness (QED) is 0.654. The van der Waals surface area contributed by atoms with Gasteiger partial charge in [0.25, 0.3) is 0 Å². The van der Waals surface area contributed by atoms with Crippen molar-refractivity contribution >= 4 is 17.6 Å². The summed E-state index contributed by atoms with van der Waals surface area (Å²) in [5, 5.41) is 6.82. The fourth-order valence-electron chi connectivity index (χ4n) is 2.08.